The van der Waals surface area contributed by atoms with E-state index in [2.05, 4.69) is 46.6 Å². The summed E-state index contributed by atoms with van der Waals surface area (Å²) in [5, 5.41) is 3.37. The van der Waals surface area contributed by atoms with Crippen LogP contribution in [-0.2, 0) is 0 Å². The van der Waals surface area contributed by atoms with Crippen LogP contribution < -0.4 is 16.6 Å². The van der Waals surface area contributed by atoms with Crippen molar-refractivity contribution < 1.29 is 0 Å². The highest BCUT2D eigenvalue weighted by Gasteiger charge is 2.09. The van der Waals surface area contributed by atoms with Crippen molar-refractivity contribution in [2.24, 2.45) is 5.84 Å². The van der Waals surface area contributed by atoms with E-state index in [1.807, 2.05) is 6.92 Å². The molecule has 0 radical (unpaired) electrons. The second-order valence-electron chi connectivity index (χ2n) is 4.48. The van der Waals surface area contributed by atoms with E-state index >= 15 is 0 Å². The molecule has 96 valence electrons. The number of nitrogens with two attached hydrogens (primary N) is 1. The summed E-state index contributed by atoms with van der Waals surface area (Å²) in [7, 11) is 4.14. The Balaban J connectivity index is 2.62. The quantitative estimate of drug-likeness (QED) is 0.503. The first-order valence-corrected chi connectivity index (χ1v) is 5.74. The number of hydrogen-bond donors (Lipinski definition) is 3. The van der Waals surface area contributed by atoms with Crippen LogP contribution in [-0.4, -0.2) is 41.5 Å². The molecule has 0 aliphatic carbocycles. The number of nitrogen functional groups attached to an aromatic ring is 1. The standard InChI is InChI=1S/C11H22N6/c1-8(5-6-17(3)4)15-10-9(2)11(16-12)14-7-13-10/h7-8H,5-6,12H2,1-4H3,(H2,13,14,15,16). The zero-order valence-corrected chi connectivity index (χ0v) is 11.0. The van der Waals surface area contributed by atoms with Gasteiger partial charge in [0.25, 0.3) is 0 Å². The summed E-state index contributed by atoms with van der Waals surface area (Å²) in [6.07, 6.45) is 2.56. The number of anilines is 2. The molecule has 0 saturated heterocycles. The summed E-state index contributed by atoms with van der Waals surface area (Å²) in [4.78, 5) is 10.4. The smallest absolute Gasteiger partial charge is 0.148 e. The summed E-state index contributed by atoms with van der Waals surface area (Å²) in [5.74, 6) is 6.86. The van der Waals surface area contributed by atoms with Crippen molar-refractivity contribution in [2.75, 3.05) is 31.4 Å². The van der Waals surface area contributed by atoms with Crippen molar-refractivity contribution in [2.45, 2.75) is 26.3 Å². The fraction of sp³-hybridized carbons (Fsp3) is 0.636. The second-order valence-corrected chi connectivity index (χ2v) is 4.48. The molecule has 0 fully saturated rings. The van der Waals surface area contributed by atoms with Crippen molar-refractivity contribution in [1.82, 2.24) is 14.9 Å². The van der Waals surface area contributed by atoms with Gasteiger partial charge >= 0.3 is 0 Å². The Morgan fingerprint density at radius 3 is 2.59 bits per heavy atom. The number of rotatable bonds is 6. The predicted octanol–water partition coefficient (Wildman–Crippen LogP) is 0.823. The number of hydrazine groups is 1. The largest absolute Gasteiger partial charge is 0.367 e. The van der Waals surface area contributed by atoms with Gasteiger partial charge in [-0.25, -0.2) is 15.8 Å². The minimum atomic E-state index is 0.358. The minimum absolute atomic E-state index is 0.358. The van der Waals surface area contributed by atoms with Crippen LogP contribution in [0.3, 0.4) is 0 Å². The van der Waals surface area contributed by atoms with Crippen molar-refractivity contribution in [3.8, 4) is 0 Å². The molecular formula is C11H22N6. The SMILES string of the molecule is Cc1c(NN)ncnc1NC(C)CCN(C)C. The maximum absolute atomic E-state index is 5.37. The van der Waals surface area contributed by atoms with Gasteiger partial charge in [-0.2, -0.15) is 0 Å². The lowest BCUT2D eigenvalue weighted by Crippen LogP contribution is -2.24. The second kappa shape index (κ2) is 6.36. The Kier molecular flexibility index (Phi) is 5.11. The van der Waals surface area contributed by atoms with Gasteiger partial charge in [-0.15, -0.1) is 0 Å². The maximum Gasteiger partial charge on any atom is 0.148 e. The summed E-state index contributed by atoms with van der Waals surface area (Å²) >= 11 is 0. The highest BCUT2D eigenvalue weighted by Crippen LogP contribution is 2.18. The molecule has 0 amide bonds. The van der Waals surface area contributed by atoms with Crippen LogP contribution in [0.5, 0.6) is 0 Å². The monoisotopic (exact) mass is 238 g/mol. The third-order valence-corrected chi connectivity index (χ3v) is 2.61. The van der Waals surface area contributed by atoms with Gasteiger partial charge in [-0.1, -0.05) is 0 Å². The van der Waals surface area contributed by atoms with Crippen LogP contribution in [0.25, 0.3) is 0 Å². The molecule has 1 aromatic rings. The summed E-state index contributed by atoms with van der Waals surface area (Å²) in [5.41, 5.74) is 3.50. The molecule has 0 spiro atoms. The van der Waals surface area contributed by atoms with Gasteiger partial charge in [-0.3, -0.25) is 0 Å². The van der Waals surface area contributed by atoms with Crippen LogP contribution in [0.1, 0.15) is 18.9 Å². The lowest BCUT2D eigenvalue weighted by Gasteiger charge is -2.18. The molecule has 1 unspecified atom stereocenters. The fourth-order valence-electron chi connectivity index (χ4n) is 1.50. The Labute approximate surface area is 103 Å². The van der Waals surface area contributed by atoms with Gasteiger partial charge in [0, 0.05) is 11.6 Å². The number of hydrogen-bond acceptors (Lipinski definition) is 6. The molecule has 0 saturated carbocycles. The normalized spacial score (nSPS) is 12.6. The molecule has 1 atom stereocenters. The molecule has 0 bridgehead atoms. The molecule has 0 aliphatic rings. The molecule has 1 rings (SSSR count). The topological polar surface area (TPSA) is 79.1 Å². The minimum Gasteiger partial charge on any atom is -0.367 e. The molecule has 0 aromatic carbocycles. The molecule has 4 N–H and O–H groups in total. The van der Waals surface area contributed by atoms with E-state index in [-0.39, 0.29) is 0 Å². The highest BCUT2D eigenvalue weighted by molar-refractivity contribution is 5.56. The van der Waals surface area contributed by atoms with Gasteiger partial charge in [0.2, 0.25) is 0 Å². The zero-order valence-electron chi connectivity index (χ0n) is 11.0. The Hall–Kier alpha value is -1.40. The molecular weight excluding hydrogens is 216 g/mol. The van der Waals surface area contributed by atoms with E-state index in [0.717, 1.165) is 24.3 Å². The van der Waals surface area contributed by atoms with E-state index < -0.39 is 0 Å². The van der Waals surface area contributed by atoms with Gasteiger partial charge in [0.1, 0.15) is 18.0 Å². The first kappa shape index (κ1) is 13.7. The van der Waals surface area contributed by atoms with Crippen molar-refractivity contribution in [1.29, 1.82) is 0 Å². The Bertz CT molecular complexity index is 352. The van der Waals surface area contributed by atoms with E-state index in [9.17, 15) is 0 Å². The summed E-state index contributed by atoms with van der Waals surface area (Å²) in [6, 6.07) is 0.358. The van der Waals surface area contributed by atoms with Gasteiger partial charge in [-0.05, 0) is 40.9 Å². The van der Waals surface area contributed by atoms with Crippen LogP contribution in [0.2, 0.25) is 0 Å². The zero-order chi connectivity index (χ0) is 12.8. The lowest BCUT2D eigenvalue weighted by atomic mass is 10.2. The van der Waals surface area contributed by atoms with Gasteiger partial charge < -0.3 is 15.6 Å². The fourth-order valence-corrected chi connectivity index (χ4v) is 1.50. The number of nitrogens with one attached hydrogen (secondary N) is 2. The third-order valence-electron chi connectivity index (χ3n) is 2.61. The third kappa shape index (κ3) is 4.16. The van der Waals surface area contributed by atoms with Crippen LogP contribution in [0.15, 0.2) is 6.33 Å². The van der Waals surface area contributed by atoms with Crippen molar-refractivity contribution >= 4 is 11.6 Å². The average Bonchev–Trinajstić information content (AvgIpc) is 2.29. The Morgan fingerprint density at radius 2 is 2.00 bits per heavy atom. The first-order chi connectivity index (χ1) is 8.04. The van der Waals surface area contributed by atoms with Crippen LogP contribution >= 0.6 is 0 Å². The molecule has 17 heavy (non-hydrogen) atoms. The van der Waals surface area contributed by atoms with E-state index in [0.29, 0.717) is 11.9 Å². The van der Waals surface area contributed by atoms with Crippen LogP contribution in [0.4, 0.5) is 11.6 Å². The van der Waals surface area contributed by atoms with Crippen LogP contribution in [0, 0.1) is 6.92 Å². The Morgan fingerprint density at radius 1 is 1.35 bits per heavy atom. The average molecular weight is 238 g/mol. The highest BCUT2D eigenvalue weighted by atomic mass is 15.3. The van der Waals surface area contributed by atoms with Crippen molar-refractivity contribution in [3.05, 3.63) is 11.9 Å². The molecule has 1 heterocycles. The van der Waals surface area contributed by atoms with Crippen molar-refractivity contribution in [3.63, 3.8) is 0 Å². The molecule has 0 aliphatic heterocycles. The van der Waals surface area contributed by atoms with E-state index in [1.165, 1.54) is 6.33 Å². The maximum atomic E-state index is 5.37. The number of aromatic nitrogens is 2. The molecule has 1 aromatic heterocycles. The molecule has 6 heteroatoms. The van der Waals surface area contributed by atoms with Gasteiger partial charge in [0.05, 0.1) is 0 Å². The number of nitrogens with zero attached hydrogens (tertiary/aromatic N) is 3. The van der Waals surface area contributed by atoms with Gasteiger partial charge in [0.15, 0.2) is 0 Å². The van der Waals surface area contributed by atoms with E-state index in [4.69, 9.17) is 5.84 Å². The predicted molar refractivity (Wildman–Crippen MR) is 70.8 cm³/mol. The summed E-state index contributed by atoms with van der Waals surface area (Å²) in [6.45, 7) is 5.12. The molecule has 6 nitrogen and oxygen atoms in total. The first-order valence-electron chi connectivity index (χ1n) is 5.74. The lowest BCUT2D eigenvalue weighted by molar-refractivity contribution is 0.390. The van der Waals surface area contributed by atoms with E-state index in [1.54, 1.807) is 0 Å². The summed E-state index contributed by atoms with van der Waals surface area (Å²) < 4.78 is 0.